The van der Waals surface area contributed by atoms with E-state index in [1.807, 2.05) is 0 Å². The van der Waals surface area contributed by atoms with Gasteiger partial charge >= 0.3 is 140 Å². The molecule has 0 N–H and O–H groups in total. The van der Waals surface area contributed by atoms with Crippen molar-refractivity contribution in [2.75, 3.05) is 0 Å². The van der Waals surface area contributed by atoms with Crippen LogP contribution in [0.3, 0.4) is 0 Å². The van der Waals surface area contributed by atoms with E-state index in [4.69, 9.17) is 0 Å². The third-order valence-corrected chi connectivity index (χ3v) is 5.92. The van der Waals surface area contributed by atoms with Crippen LogP contribution in [-0.4, -0.2) is 32.0 Å². The fraction of sp³-hybridized carbons (Fsp3) is 0.750. The molecule has 0 spiro atoms. The number of allylic oxidation sites excluding steroid dienone is 4. The van der Waals surface area contributed by atoms with Gasteiger partial charge < -0.3 is 0 Å². The normalized spacial score (nSPS) is 30.6. The second-order valence-electron chi connectivity index (χ2n) is 5.77. The zero-order chi connectivity index (χ0) is 14.2. The molecule has 0 heterocycles. The molecule has 4 heteroatoms. The summed E-state index contributed by atoms with van der Waals surface area (Å²) in [4.78, 5) is 0. The molecule has 0 aliphatic heterocycles. The van der Waals surface area contributed by atoms with Crippen molar-refractivity contribution in [1.82, 2.24) is 0 Å². The molecule has 0 saturated heterocycles. The first-order valence-corrected chi connectivity index (χ1v) is 9.68. The van der Waals surface area contributed by atoms with Crippen molar-refractivity contribution in [2.24, 2.45) is 10.2 Å². The monoisotopic (exact) mass is 404 g/mol. The van der Waals surface area contributed by atoms with Crippen molar-refractivity contribution in [3.05, 3.63) is 20.3 Å². The maximum atomic E-state index is 4.61. The van der Waals surface area contributed by atoms with Crippen molar-refractivity contribution in [3.8, 4) is 0 Å². The topological polar surface area (TPSA) is 24.7 Å². The third-order valence-electron chi connectivity index (χ3n) is 4.07. The minimum atomic E-state index is 1.09. The first-order chi connectivity index (χ1) is 9.77. The fourth-order valence-corrected chi connectivity index (χ4v) is 3.97. The van der Waals surface area contributed by atoms with E-state index in [0.717, 1.165) is 25.7 Å². The molecule has 2 nitrogen and oxygen atoms in total. The Balaban J connectivity index is 2.08. The van der Waals surface area contributed by atoms with Crippen LogP contribution in [-0.2, 0) is 0 Å². The van der Waals surface area contributed by atoms with E-state index in [1.165, 1.54) is 71.7 Å². The Bertz CT molecular complexity index is 373. The summed E-state index contributed by atoms with van der Waals surface area (Å²) >= 11 is 6.44. The van der Waals surface area contributed by atoms with Gasteiger partial charge in [0.05, 0.1) is 0 Å². The summed E-state index contributed by atoms with van der Waals surface area (Å²) < 4.78 is 2.67. The minimum absolute atomic E-state index is 1.09. The Labute approximate surface area is 139 Å². The van der Waals surface area contributed by atoms with Crippen LogP contribution in [0.5, 0.6) is 0 Å². The second kappa shape index (κ2) is 9.20. The molecule has 20 heavy (non-hydrogen) atoms. The zero-order valence-electron chi connectivity index (χ0n) is 12.2. The number of hydrogen-bond acceptors (Lipinski definition) is 2. The number of azo groups is 1. The van der Waals surface area contributed by atoms with E-state index in [1.54, 1.807) is 0 Å². The summed E-state index contributed by atoms with van der Waals surface area (Å²) in [7, 11) is 0. The first-order valence-electron chi connectivity index (χ1n) is 7.97. The summed E-state index contributed by atoms with van der Waals surface area (Å²) in [5, 5.41) is 9.22. The Kier molecular flexibility index (Phi) is 7.59. The summed E-state index contributed by atoms with van der Waals surface area (Å²) in [6.45, 7) is 0. The van der Waals surface area contributed by atoms with Gasteiger partial charge in [0.25, 0.3) is 0 Å². The van der Waals surface area contributed by atoms with E-state index >= 15 is 0 Å². The standard InChI is InChI=1S/C16H24N2Se2/c19-15-11-7-3-1-5-9-13(15)17-18-14-10-6-2-4-8-12-16(14)20/h1-12H2/b15-13-,16-14-,18-17+. The molecular weight excluding hydrogens is 378 g/mol. The second-order valence-corrected chi connectivity index (χ2v) is 7.84. The molecule has 0 atom stereocenters. The number of rotatable bonds is 2. The number of hydrogen-bond donors (Lipinski definition) is 0. The summed E-state index contributed by atoms with van der Waals surface area (Å²) in [5.74, 6) is 0. The molecule has 2 radical (unpaired) electrons. The van der Waals surface area contributed by atoms with Crippen LogP contribution in [0.25, 0.3) is 0 Å². The summed E-state index contributed by atoms with van der Waals surface area (Å²) in [6, 6.07) is 0. The SMILES string of the molecule is [Se]\C1=C(/N=N/C2=C(\[Se])CCCCCC2)CCCCCC1. The van der Waals surface area contributed by atoms with E-state index in [0.29, 0.717) is 0 Å². The van der Waals surface area contributed by atoms with Crippen LogP contribution in [0.15, 0.2) is 30.6 Å². The fourth-order valence-electron chi connectivity index (χ4n) is 2.76. The molecule has 0 unspecified atom stereocenters. The predicted octanol–water partition coefficient (Wildman–Crippen LogP) is 4.91. The van der Waals surface area contributed by atoms with Crippen LogP contribution in [0.1, 0.15) is 77.0 Å². The Morgan fingerprint density at radius 1 is 0.500 bits per heavy atom. The first kappa shape index (κ1) is 16.5. The van der Waals surface area contributed by atoms with Gasteiger partial charge in [0.2, 0.25) is 0 Å². The third kappa shape index (κ3) is 5.48. The van der Waals surface area contributed by atoms with Crippen molar-refractivity contribution >= 4 is 32.0 Å². The Morgan fingerprint density at radius 3 is 1.25 bits per heavy atom. The number of nitrogens with zero attached hydrogens (tertiary/aromatic N) is 2. The van der Waals surface area contributed by atoms with Crippen LogP contribution in [0.2, 0.25) is 0 Å². The molecule has 2 aliphatic carbocycles. The molecule has 0 saturated carbocycles. The molecule has 0 aromatic heterocycles. The average Bonchev–Trinajstić information content (AvgIpc) is 2.41. The van der Waals surface area contributed by atoms with Gasteiger partial charge in [0.1, 0.15) is 0 Å². The molecule has 0 fully saturated rings. The maximum absolute atomic E-state index is 4.61. The van der Waals surface area contributed by atoms with Gasteiger partial charge in [-0.25, -0.2) is 0 Å². The van der Waals surface area contributed by atoms with Gasteiger partial charge in [-0.1, -0.05) is 0 Å². The summed E-state index contributed by atoms with van der Waals surface area (Å²) in [6.07, 6.45) is 14.9. The molecule has 0 amide bonds. The Hall–Kier alpha value is 0.119. The van der Waals surface area contributed by atoms with E-state index < -0.39 is 0 Å². The van der Waals surface area contributed by atoms with Gasteiger partial charge in [-0.15, -0.1) is 0 Å². The average molecular weight is 402 g/mol. The zero-order valence-corrected chi connectivity index (χ0v) is 15.6. The van der Waals surface area contributed by atoms with Crippen molar-refractivity contribution in [2.45, 2.75) is 77.0 Å². The molecule has 110 valence electrons. The van der Waals surface area contributed by atoms with Crippen molar-refractivity contribution < 1.29 is 0 Å². The molecule has 0 aromatic rings. The van der Waals surface area contributed by atoms with Crippen LogP contribution < -0.4 is 0 Å². The molecule has 2 aliphatic rings. The van der Waals surface area contributed by atoms with E-state index in [9.17, 15) is 0 Å². The molecule has 2 rings (SSSR count). The van der Waals surface area contributed by atoms with Gasteiger partial charge in [0, 0.05) is 0 Å². The Morgan fingerprint density at radius 2 is 0.850 bits per heavy atom. The van der Waals surface area contributed by atoms with Gasteiger partial charge in [-0.05, 0) is 0 Å². The predicted molar refractivity (Wildman–Crippen MR) is 85.8 cm³/mol. The van der Waals surface area contributed by atoms with Gasteiger partial charge in [0.15, 0.2) is 0 Å². The van der Waals surface area contributed by atoms with E-state index in [-0.39, 0.29) is 0 Å². The van der Waals surface area contributed by atoms with Crippen LogP contribution >= 0.6 is 0 Å². The molecular formula is C16H24N2Se2. The van der Waals surface area contributed by atoms with Gasteiger partial charge in [-0.3, -0.25) is 0 Å². The van der Waals surface area contributed by atoms with Crippen LogP contribution in [0, 0.1) is 0 Å². The molecule has 0 aromatic carbocycles. The van der Waals surface area contributed by atoms with Crippen molar-refractivity contribution in [1.29, 1.82) is 0 Å². The van der Waals surface area contributed by atoms with Crippen LogP contribution in [0.4, 0.5) is 0 Å². The van der Waals surface area contributed by atoms with E-state index in [2.05, 4.69) is 42.3 Å². The summed E-state index contributed by atoms with van der Waals surface area (Å²) in [5.41, 5.74) is 2.40. The quantitative estimate of drug-likeness (QED) is 0.463. The molecule has 0 bridgehead atoms. The van der Waals surface area contributed by atoms with Gasteiger partial charge in [-0.2, -0.15) is 0 Å². The van der Waals surface area contributed by atoms with Crippen molar-refractivity contribution in [3.63, 3.8) is 0 Å².